The van der Waals surface area contributed by atoms with Crippen LogP contribution in [0.5, 0.6) is 0 Å². The van der Waals surface area contributed by atoms with E-state index in [4.69, 9.17) is 14.4 Å². The van der Waals surface area contributed by atoms with Crippen molar-refractivity contribution in [2.75, 3.05) is 0 Å². The van der Waals surface area contributed by atoms with Gasteiger partial charge in [-0.1, -0.05) is 25.0 Å². The third-order valence-electron chi connectivity index (χ3n) is 2.64. The number of halogens is 1. The fourth-order valence-corrected chi connectivity index (χ4v) is 2.42. The lowest BCUT2D eigenvalue weighted by Crippen LogP contribution is -2.33. The highest BCUT2D eigenvalue weighted by atomic mass is 28.4. The Morgan fingerprint density at radius 1 is 0.882 bits per heavy atom. The van der Waals surface area contributed by atoms with Gasteiger partial charge in [-0.2, -0.15) is 0 Å². The Hall–Kier alpha value is -0.753. The molecule has 1 rings (SSSR count). The number of aryl methyl sites for hydroxylation is 1. The van der Waals surface area contributed by atoms with Crippen LogP contribution in [0.4, 0.5) is 4.39 Å². The molecule has 3 N–H and O–H groups in total. The smallest absolute Gasteiger partial charge is 0.390 e. The fraction of sp³-hybridized carbons (Fsp3) is 0.500. The van der Waals surface area contributed by atoms with Crippen LogP contribution in [0, 0.1) is 5.82 Å². The van der Waals surface area contributed by atoms with Gasteiger partial charge in [-0.3, -0.25) is 0 Å². The van der Waals surface area contributed by atoms with Crippen LogP contribution >= 0.6 is 0 Å². The van der Waals surface area contributed by atoms with Gasteiger partial charge in [0.05, 0.1) is 0 Å². The van der Waals surface area contributed by atoms with E-state index in [1.807, 2.05) is 0 Å². The Labute approximate surface area is 102 Å². The van der Waals surface area contributed by atoms with E-state index >= 15 is 0 Å². The zero-order chi connectivity index (χ0) is 12.7. The molecule has 5 heteroatoms. The van der Waals surface area contributed by atoms with Gasteiger partial charge in [-0.15, -0.1) is 0 Å². The number of hydrogen-bond donors (Lipinski definition) is 3. The molecule has 0 amide bonds. The van der Waals surface area contributed by atoms with Crippen LogP contribution in [0.25, 0.3) is 0 Å². The van der Waals surface area contributed by atoms with Gasteiger partial charge in [0, 0.05) is 6.04 Å². The molecule has 0 saturated carbocycles. The Morgan fingerprint density at radius 3 is 2.06 bits per heavy atom. The van der Waals surface area contributed by atoms with E-state index in [1.165, 1.54) is 12.1 Å². The third-order valence-corrected chi connectivity index (χ3v) is 3.67. The Morgan fingerprint density at radius 2 is 1.47 bits per heavy atom. The first-order chi connectivity index (χ1) is 7.97. The molecule has 0 radical (unpaired) electrons. The molecule has 17 heavy (non-hydrogen) atoms. The molecule has 3 nitrogen and oxygen atoms in total. The van der Waals surface area contributed by atoms with Crippen molar-refractivity contribution in [2.45, 2.75) is 38.1 Å². The fourth-order valence-electron chi connectivity index (χ4n) is 1.70. The molecule has 0 atom stereocenters. The maximum atomic E-state index is 12.6. The standard InChI is InChI=1S/C12H19FO3Si/c13-12-8-6-11(7-9-12)5-3-1-2-4-10-17(14,15)16/h6-9,14-16H,1-5,10H2. The normalized spacial score (nSPS) is 11.8. The topological polar surface area (TPSA) is 60.7 Å². The monoisotopic (exact) mass is 258 g/mol. The minimum Gasteiger partial charge on any atom is -0.390 e. The maximum absolute atomic E-state index is 12.6. The molecule has 0 spiro atoms. The van der Waals surface area contributed by atoms with Crippen LogP contribution in [-0.4, -0.2) is 23.2 Å². The number of unbranched alkanes of at least 4 members (excludes halogenated alkanes) is 3. The van der Waals surface area contributed by atoms with Gasteiger partial charge in [0.2, 0.25) is 0 Å². The van der Waals surface area contributed by atoms with E-state index in [0.29, 0.717) is 6.42 Å². The molecule has 0 aliphatic rings. The Bertz CT molecular complexity index is 322. The number of benzene rings is 1. The first-order valence-electron chi connectivity index (χ1n) is 5.89. The summed E-state index contributed by atoms with van der Waals surface area (Å²) in [6.45, 7) is 0. The summed E-state index contributed by atoms with van der Waals surface area (Å²) in [4.78, 5) is 26.4. The van der Waals surface area contributed by atoms with Gasteiger partial charge >= 0.3 is 8.80 Å². The molecule has 0 heterocycles. The lowest BCUT2D eigenvalue weighted by atomic mass is 10.1. The summed E-state index contributed by atoms with van der Waals surface area (Å²) in [5.74, 6) is -0.219. The highest BCUT2D eigenvalue weighted by Gasteiger charge is 2.25. The lowest BCUT2D eigenvalue weighted by molar-refractivity contribution is 0.226. The van der Waals surface area contributed by atoms with Crippen molar-refractivity contribution < 1.29 is 18.8 Å². The molecule has 1 aromatic carbocycles. The third kappa shape index (κ3) is 7.22. The van der Waals surface area contributed by atoms with Crippen LogP contribution in [0.15, 0.2) is 24.3 Å². The van der Waals surface area contributed by atoms with Gasteiger partial charge in [0.25, 0.3) is 0 Å². The molecule has 0 bridgehead atoms. The minimum absolute atomic E-state index is 0.115. The highest BCUT2D eigenvalue weighted by Crippen LogP contribution is 2.11. The van der Waals surface area contributed by atoms with Crippen LogP contribution < -0.4 is 0 Å². The van der Waals surface area contributed by atoms with Gasteiger partial charge < -0.3 is 14.4 Å². The quantitative estimate of drug-likeness (QED) is 0.516. The van der Waals surface area contributed by atoms with Crippen LogP contribution in [-0.2, 0) is 6.42 Å². The average Bonchev–Trinajstić information content (AvgIpc) is 2.24. The van der Waals surface area contributed by atoms with Crippen molar-refractivity contribution in [2.24, 2.45) is 0 Å². The SMILES string of the molecule is O[Si](O)(O)CCCCCCc1ccc(F)cc1. The first-order valence-corrected chi connectivity index (χ1v) is 7.94. The Kier molecular flexibility index (Phi) is 5.77. The largest absolute Gasteiger partial charge is 0.492 e. The maximum Gasteiger partial charge on any atom is 0.492 e. The summed E-state index contributed by atoms with van der Waals surface area (Å²) in [5, 5.41) is 0. The van der Waals surface area contributed by atoms with Crippen molar-refractivity contribution in [3.63, 3.8) is 0 Å². The average molecular weight is 258 g/mol. The summed E-state index contributed by atoms with van der Waals surface area (Å²) in [6.07, 6.45) is 4.38. The summed E-state index contributed by atoms with van der Waals surface area (Å²) >= 11 is 0. The Balaban J connectivity index is 2.07. The summed E-state index contributed by atoms with van der Waals surface area (Å²) < 4.78 is 12.6. The van der Waals surface area contributed by atoms with Gasteiger partial charge in [0.1, 0.15) is 5.82 Å². The second-order valence-electron chi connectivity index (χ2n) is 4.32. The summed E-state index contributed by atoms with van der Waals surface area (Å²) in [5.41, 5.74) is 1.11. The van der Waals surface area contributed by atoms with Gasteiger partial charge in [0.15, 0.2) is 0 Å². The summed E-state index contributed by atoms with van der Waals surface area (Å²) in [6, 6.07) is 6.59. The molecule has 0 aliphatic carbocycles. The van der Waals surface area contributed by atoms with E-state index < -0.39 is 8.80 Å². The van der Waals surface area contributed by atoms with Crippen molar-refractivity contribution >= 4 is 8.80 Å². The van der Waals surface area contributed by atoms with Gasteiger partial charge in [-0.25, -0.2) is 4.39 Å². The van der Waals surface area contributed by atoms with E-state index in [2.05, 4.69) is 0 Å². The van der Waals surface area contributed by atoms with E-state index in [1.54, 1.807) is 12.1 Å². The minimum atomic E-state index is -3.83. The predicted octanol–water partition coefficient (Wildman–Crippen LogP) is 1.84. The molecule has 0 aromatic heterocycles. The second-order valence-corrected chi connectivity index (χ2v) is 6.36. The van der Waals surface area contributed by atoms with Gasteiger partial charge in [-0.05, 0) is 37.0 Å². The molecular weight excluding hydrogens is 239 g/mol. The molecule has 96 valence electrons. The predicted molar refractivity (Wildman–Crippen MR) is 65.8 cm³/mol. The second kappa shape index (κ2) is 6.86. The molecular formula is C12H19FO3Si. The lowest BCUT2D eigenvalue weighted by Gasteiger charge is -2.08. The van der Waals surface area contributed by atoms with Crippen LogP contribution in [0.3, 0.4) is 0 Å². The van der Waals surface area contributed by atoms with E-state index in [-0.39, 0.29) is 11.9 Å². The van der Waals surface area contributed by atoms with E-state index in [0.717, 1.165) is 31.2 Å². The van der Waals surface area contributed by atoms with Crippen molar-refractivity contribution in [1.29, 1.82) is 0 Å². The van der Waals surface area contributed by atoms with Crippen molar-refractivity contribution in [1.82, 2.24) is 0 Å². The highest BCUT2D eigenvalue weighted by molar-refractivity contribution is 6.56. The zero-order valence-electron chi connectivity index (χ0n) is 9.77. The molecule has 1 aromatic rings. The molecule has 0 fully saturated rings. The molecule has 0 aliphatic heterocycles. The van der Waals surface area contributed by atoms with Crippen molar-refractivity contribution in [3.05, 3.63) is 35.6 Å². The molecule has 0 unspecified atom stereocenters. The van der Waals surface area contributed by atoms with E-state index in [9.17, 15) is 4.39 Å². The molecule has 0 saturated heterocycles. The van der Waals surface area contributed by atoms with Crippen molar-refractivity contribution in [3.8, 4) is 0 Å². The van der Waals surface area contributed by atoms with Crippen LogP contribution in [0.2, 0.25) is 6.04 Å². The first kappa shape index (κ1) is 14.3. The summed E-state index contributed by atoms with van der Waals surface area (Å²) in [7, 11) is -3.83. The van der Waals surface area contributed by atoms with Crippen LogP contribution in [0.1, 0.15) is 31.2 Å². The zero-order valence-corrected chi connectivity index (χ0v) is 10.8. The number of hydrogen-bond acceptors (Lipinski definition) is 3. The number of rotatable bonds is 7.